The number of carbonyl (C=O) groups is 1. The molecule has 2 aromatic rings. The molecule has 1 amide bonds. The van der Waals surface area contributed by atoms with Crippen LogP contribution < -0.4 is 10.2 Å². The van der Waals surface area contributed by atoms with Crippen LogP contribution in [0.15, 0.2) is 29.6 Å². The number of anilines is 2. The van der Waals surface area contributed by atoms with Crippen LogP contribution in [0.3, 0.4) is 0 Å². The lowest BCUT2D eigenvalue weighted by Gasteiger charge is -2.25. The van der Waals surface area contributed by atoms with Gasteiger partial charge in [0.2, 0.25) is 5.91 Å². The number of thiazole rings is 1. The zero-order valence-corrected chi connectivity index (χ0v) is 15.7. The maximum Gasteiger partial charge on any atom is 0.248 e. The highest BCUT2D eigenvalue weighted by Crippen LogP contribution is 2.29. The highest BCUT2D eigenvalue weighted by molar-refractivity contribution is 7.14. The summed E-state index contributed by atoms with van der Waals surface area (Å²) >= 11 is 7.44. The predicted octanol–water partition coefficient (Wildman–Crippen LogP) is 4.70. The first-order chi connectivity index (χ1) is 11.3. The maximum atomic E-state index is 12.7. The van der Waals surface area contributed by atoms with Gasteiger partial charge in [0.05, 0.1) is 5.69 Å². The second-order valence-corrected chi connectivity index (χ2v) is 8.40. The molecule has 1 saturated heterocycles. The average molecular weight is 364 g/mol. The molecule has 0 unspecified atom stereocenters. The Morgan fingerprint density at radius 2 is 2.04 bits per heavy atom. The van der Waals surface area contributed by atoms with Crippen molar-refractivity contribution >= 4 is 39.7 Å². The van der Waals surface area contributed by atoms with Crippen LogP contribution in [0.25, 0.3) is 0 Å². The Kier molecular flexibility index (Phi) is 4.83. The highest BCUT2D eigenvalue weighted by atomic mass is 35.5. The van der Waals surface area contributed by atoms with Gasteiger partial charge in [-0.25, -0.2) is 4.98 Å². The van der Waals surface area contributed by atoms with Gasteiger partial charge in [-0.2, -0.15) is 0 Å². The highest BCUT2D eigenvalue weighted by Gasteiger charge is 2.31. The lowest BCUT2D eigenvalue weighted by atomic mass is 9.93. The minimum Gasteiger partial charge on any atom is -0.360 e. The Labute approximate surface area is 151 Å². The zero-order chi connectivity index (χ0) is 17.3. The Balaban J connectivity index is 1.72. The van der Waals surface area contributed by atoms with Crippen molar-refractivity contribution in [3.63, 3.8) is 0 Å². The molecule has 1 aromatic heterocycles. The second-order valence-electron chi connectivity index (χ2n) is 7.10. The van der Waals surface area contributed by atoms with Gasteiger partial charge in [0.1, 0.15) is 6.04 Å². The quantitative estimate of drug-likeness (QED) is 0.859. The lowest BCUT2D eigenvalue weighted by molar-refractivity contribution is -0.117. The van der Waals surface area contributed by atoms with Gasteiger partial charge in [-0.05, 0) is 37.1 Å². The van der Waals surface area contributed by atoms with Gasteiger partial charge in [-0.1, -0.05) is 32.4 Å². The summed E-state index contributed by atoms with van der Waals surface area (Å²) < 4.78 is 0. The van der Waals surface area contributed by atoms with Crippen molar-refractivity contribution in [1.29, 1.82) is 0 Å². The van der Waals surface area contributed by atoms with E-state index in [1.807, 2.05) is 29.6 Å². The number of benzene rings is 1. The number of carbonyl (C=O) groups excluding carboxylic acids is 1. The molecule has 0 spiro atoms. The van der Waals surface area contributed by atoms with Gasteiger partial charge in [0.15, 0.2) is 5.13 Å². The number of hydrogen-bond donors (Lipinski definition) is 1. The number of nitrogens with zero attached hydrogens (tertiary/aromatic N) is 2. The van der Waals surface area contributed by atoms with Gasteiger partial charge in [-0.15, -0.1) is 11.3 Å². The molecule has 3 rings (SSSR count). The number of nitrogens with one attached hydrogen (secondary N) is 1. The minimum absolute atomic E-state index is 0.0114. The molecule has 6 heteroatoms. The summed E-state index contributed by atoms with van der Waals surface area (Å²) in [7, 11) is 0. The number of rotatable bonds is 3. The molecule has 24 heavy (non-hydrogen) atoms. The Morgan fingerprint density at radius 1 is 1.33 bits per heavy atom. The van der Waals surface area contributed by atoms with Crippen molar-refractivity contribution in [2.45, 2.75) is 45.1 Å². The Morgan fingerprint density at radius 3 is 2.67 bits per heavy atom. The van der Waals surface area contributed by atoms with Crippen LogP contribution in [0.1, 0.15) is 39.3 Å². The molecule has 128 valence electrons. The van der Waals surface area contributed by atoms with Crippen molar-refractivity contribution in [2.24, 2.45) is 0 Å². The summed E-state index contributed by atoms with van der Waals surface area (Å²) in [6.45, 7) is 7.23. The van der Waals surface area contributed by atoms with Crippen LogP contribution in [0, 0.1) is 0 Å². The van der Waals surface area contributed by atoms with E-state index in [1.165, 1.54) is 11.3 Å². The molecule has 1 atom stereocenters. The molecule has 0 aliphatic carbocycles. The third kappa shape index (κ3) is 3.73. The first-order valence-corrected chi connectivity index (χ1v) is 9.39. The van der Waals surface area contributed by atoms with Crippen molar-refractivity contribution in [1.82, 2.24) is 4.98 Å². The smallest absolute Gasteiger partial charge is 0.248 e. The van der Waals surface area contributed by atoms with Crippen LogP contribution in [-0.2, 0) is 10.2 Å². The van der Waals surface area contributed by atoms with E-state index < -0.39 is 0 Å². The summed E-state index contributed by atoms with van der Waals surface area (Å²) in [6.07, 6.45) is 1.86. The lowest BCUT2D eigenvalue weighted by Crippen LogP contribution is -2.39. The van der Waals surface area contributed by atoms with E-state index in [4.69, 9.17) is 11.6 Å². The van der Waals surface area contributed by atoms with Crippen LogP contribution in [0.5, 0.6) is 0 Å². The fraction of sp³-hybridized carbons (Fsp3) is 0.444. The SMILES string of the molecule is CC(C)(C)c1csc(NC(=O)[C@@H]2CCCN2c2ccc(Cl)cc2)n1. The summed E-state index contributed by atoms with van der Waals surface area (Å²) in [5.74, 6) is 0.0114. The molecular weight excluding hydrogens is 342 g/mol. The van der Waals surface area contributed by atoms with Gasteiger partial charge >= 0.3 is 0 Å². The van der Waals surface area contributed by atoms with Gasteiger partial charge in [0, 0.05) is 28.0 Å². The number of aromatic nitrogens is 1. The number of halogens is 1. The van der Waals surface area contributed by atoms with Crippen molar-refractivity contribution < 1.29 is 4.79 Å². The monoisotopic (exact) mass is 363 g/mol. The minimum atomic E-state index is -0.159. The van der Waals surface area contributed by atoms with Crippen LogP contribution in [0.4, 0.5) is 10.8 Å². The number of amides is 1. The van der Waals surface area contributed by atoms with E-state index in [0.29, 0.717) is 10.2 Å². The standard InChI is InChI=1S/C18H22ClN3OS/c1-18(2,3)15-11-24-17(20-15)21-16(23)14-5-4-10-22(14)13-8-6-12(19)7-9-13/h6-9,11,14H,4-5,10H2,1-3H3,(H,20,21,23)/t14-/m0/s1. The summed E-state index contributed by atoms with van der Waals surface area (Å²) in [5.41, 5.74) is 2.03. The molecule has 1 aliphatic rings. The van der Waals surface area contributed by atoms with E-state index in [-0.39, 0.29) is 17.4 Å². The summed E-state index contributed by atoms with van der Waals surface area (Å²) in [4.78, 5) is 19.4. The van der Waals surface area contributed by atoms with Gasteiger partial charge in [-0.3, -0.25) is 4.79 Å². The predicted molar refractivity (Wildman–Crippen MR) is 101 cm³/mol. The number of hydrogen-bond acceptors (Lipinski definition) is 4. The van der Waals surface area contributed by atoms with Crippen LogP contribution >= 0.6 is 22.9 Å². The average Bonchev–Trinajstić information content (AvgIpc) is 3.16. The molecule has 1 N–H and O–H groups in total. The molecule has 1 fully saturated rings. The first-order valence-electron chi connectivity index (χ1n) is 8.14. The van der Waals surface area contributed by atoms with E-state index in [2.05, 4.69) is 36.0 Å². The summed E-state index contributed by atoms with van der Waals surface area (Å²) in [6, 6.07) is 7.50. The first kappa shape index (κ1) is 17.2. The molecule has 0 bridgehead atoms. The maximum absolute atomic E-state index is 12.7. The third-order valence-corrected chi connectivity index (χ3v) is 5.23. The Hall–Kier alpha value is -1.59. The molecule has 0 radical (unpaired) electrons. The molecule has 1 aromatic carbocycles. The van der Waals surface area contributed by atoms with Crippen LogP contribution in [-0.4, -0.2) is 23.5 Å². The topological polar surface area (TPSA) is 45.2 Å². The van der Waals surface area contributed by atoms with Gasteiger partial charge in [0.25, 0.3) is 0 Å². The van der Waals surface area contributed by atoms with Crippen molar-refractivity contribution in [3.8, 4) is 0 Å². The van der Waals surface area contributed by atoms with E-state index in [9.17, 15) is 4.79 Å². The Bertz CT molecular complexity index is 721. The van der Waals surface area contributed by atoms with E-state index in [0.717, 1.165) is 30.8 Å². The van der Waals surface area contributed by atoms with Crippen molar-refractivity contribution in [2.75, 3.05) is 16.8 Å². The van der Waals surface area contributed by atoms with Crippen molar-refractivity contribution in [3.05, 3.63) is 40.4 Å². The fourth-order valence-corrected chi connectivity index (χ4v) is 3.91. The second kappa shape index (κ2) is 6.73. The fourth-order valence-electron chi connectivity index (χ4n) is 2.85. The summed E-state index contributed by atoms with van der Waals surface area (Å²) in [5, 5.41) is 6.38. The van der Waals surface area contributed by atoms with Crippen LogP contribution in [0.2, 0.25) is 5.02 Å². The van der Waals surface area contributed by atoms with Gasteiger partial charge < -0.3 is 10.2 Å². The largest absolute Gasteiger partial charge is 0.360 e. The molecular formula is C18H22ClN3OS. The third-order valence-electron chi connectivity index (χ3n) is 4.22. The molecule has 4 nitrogen and oxygen atoms in total. The normalized spacial score (nSPS) is 18.0. The zero-order valence-electron chi connectivity index (χ0n) is 14.2. The molecule has 2 heterocycles. The molecule has 1 aliphatic heterocycles. The molecule has 0 saturated carbocycles. The van der Waals surface area contributed by atoms with E-state index >= 15 is 0 Å². The van der Waals surface area contributed by atoms with E-state index in [1.54, 1.807) is 0 Å².